The molecule has 1 aromatic carbocycles. The molecule has 0 amide bonds. The Hall–Kier alpha value is -1.39. The fourth-order valence-electron chi connectivity index (χ4n) is 2.50. The minimum absolute atomic E-state index is 0.109. The summed E-state index contributed by atoms with van der Waals surface area (Å²) in [6.07, 6.45) is 2.13. The van der Waals surface area contributed by atoms with Crippen molar-refractivity contribution in [1.29, 1.82) is 0 Å². The van der Waals surface area contributed by atoms with Crippen molar-refractivity contribution in [2.45, 2.75) is 25.8 Å². The third kappa shape index (κ3) is 3.78. The van der Waals surface area contributed by atoms with Crippen molar-refractivity contribution in [3.8, 4) is 5.75 Å². The van der Waals surface area contributed by atoms with Crippen molar-refractivity contribution in [2.24, 2.45) is 5.73 Å². The fourth-order valence-corrected chi connectivity index (χ4v) is 2.50. The third-order valence-corrected chi connectivity index (χ3v) is 3.40. The van der Waals surface area contributed by atoms with Gasteiger partial charge in [-0.1, -0.05) is 12.1 Å². The lowest BCUT2D eigenvalue weighted by Gasteiger charge is -2.30. The molecule has 2 rings (SSSR count). The van der Waals surface area contributed by atoms with Crippen LogP contribution in [0.25, 0.3) is 0 Å². The van der Waals surface area contributed by atoms with E-state index in [9.17, 15) is 4.79 Å². The lowest BCUT2D eigenvalue weighted by molar-refractivity contribution is 0.0904. The second kappa shape index (κ2) is 6.68. The van der Waals surface area contributed by atoms with Gasteiger partial charge >= 0.3 is 0 Å². The van der Waals surface area contributed by atoms with E-state index in [1.165, 1.54) is 0 Å². The number of hydrogen-bond acceptors (Lipinski definition) is 4. The Morgan fingerprint density at radius 3 is 3.00 bits per heavy atom. The molecule has 1 aliphatic heterocycles. The molecule has 1 aromatic rings. The summed E-state index contributed by atoms with van der Waals surface area (Å²) in [6, 6.07) is 7.63. The topological polar surface area (TPSA) is 55.6 Å². The van der Waals surface area contributed by atoms with Gasteiger partial charge in [0.1, 0.15) is 5.75 Å². The molecule has 2 N–H and O–H groups in total. The van der Waals surface area contributed by atoms with E-state index in [2.05, 4.69) is 4.90 Å². The van der Waals surface area contributed by atoms with Gasteiger partial charge in [0.05, 0.1) is 18.7 Å². The molecule has 1 fully saturated rings. The van der Waals surface area contributed by atoms with E-state index < -0.39 is 0 Å². The van der Waals surface area contributed by atoms with E-state index in [-0.39, 0.29) is 11.8 Å². The van der Waals surface area contributed by atoms with Crippen LogP contribution in [0.4, 0.5) is 0 Å². The minimum Gasteiger partial charge on any atom is -0.493 e. The van der Waals surface area contributed by atoms with Crippen molar-refractivity contribution in [1.82, 2.24) is 4.90 Å². The van der Waals surface area contributed by atoms with Crippen LogP contribution in [0.5, 0.6) is 5.75 Å². The number of ether oxygens (including phenoxy) is 1. The molecule has 1 heterocycles. The Labute approximate surface area is 114 Å². The summed E-state index contributed by atoms with van der Waals surface area (Å²) < 4.78 is 5.50. The zero-order chi connectivity index (χ0) is 13.7. The molecule has 1 aliphatic rings. The molecular weight excluding hydrogens is 240 g/mol. The number of rotatable bonds is 5. The van der Waals surface area contributed by atoms with Gasteiger partial charge in [-0.25, -0.2) is 0 Å². The van der Waals surface area contributed by atoms with E-state index in [1.807, 2.05) is 31.2 Å². The van der Waals surface area contributed by atoms with E-state index in [4.69, 9.17) is 10.5 Å². The molecule has 4 heteroatoms. The summed E-state index contributed by atoms with van der Waals surface area (Å²) in [5, 5.41) is 0. The highest BCUT2D eigenvalue weighted by atomic mass is 16.5. The van der Waals surface area contributed by atoms with E-state index in [0.29, 0.717) is 24.5 Å². The van der Waals surface area contributed by atoms with Crippen LogP contribution in [0.2, 0.25) is 0 Å². The highest BCUT2D eigenvalue weighted by Gasteiger charge is 2.20. The van der Waals surface area contributed by atoms with Crippen LogP contribution in [0, 0.1) is 0 Å². The SMILES string of the molecule is CCOc1ccccc1C(=O)CN1CCCC(N)C1. The maximum absolute atomic E-state index is 12.4. The van der Waals surface area contributed by atoms with Crippen molar-refractivity contribution >= 4 is 5.78 Å². The molecule has 0 aliphatic carbocycles. The van der Waals surface area contributed by atoms with Crippen molar-refractivity contribution in [3.63, 3.8) is 0 Å². The minimum atomic E-state index is 0.109. The number of nitrogens with two attached hydrogens (primary N) is 1. The quantitative estimate of drug-likeness (QED) is 0.820. The summed E-state index contributed by atoms with van der Waals surface area (Å²) in [7, 11) is 0. The summed E-state index contributed by atoms with van der Waals surface area (Å²) >= 11 is 0. The first-order chi connectivity index (χ1) is 9.20. The van der Waals surface area contributed by atoms with Crippen molar-refractivity contribution in [2.75, 3.05) is 26.2 Å². The smallest absolute Gasteiger partial charge is 0.180 e. The van der Waals surface area contributed by atoms with E-state index in [0.717, 1.165) is 25.9 Å². The van der Waals surface area contributed by atoms with Gasteiger partial charge < -0.3 is 10.5 Å². The first kappa shape index (κ1) is 14.0. The summed E-state index contributed by atoms with van der Waals surface area (Å²) in [4.78, 5) is 14.5. The molecule has 1 atom stereocenters. The van der Waals surface area contributed by atoms with Gasteiger partial charge in [0.15, 0.2) is 5.78 Å². The Balaban J connectivity index is 2.03. The molecule has 19 heavy (non-hydrogen) atoms. The summed E-state index contributed by atoms with van der Waals surface area (Å²) in [6.45, 7) is 4.68. The van der Waals surface area contributed by atoms with E-state index >= 15 is 0 Å². The number of likely N-dealkylation sites (tertiary alicyclic amines) is 1. The summed E-state index contributed by atoms with van der Waals surface area (Å²) in [5.41, 5.74) is 6.61. The lowest BCUT2D eigenvalue weighted by Crippen LogP contribution is -2.44. The zero-order valence-electron chi connectivity index (χ0n) is 11.5. The Kier molecular flexibility index (Phi) is 4.93. The van der Waals surface area contributed by atoms with E-state index in [1.54, 1.807) is 0 Å². The highest BCUT2D eigenvalue weighted by molar-refractivity contribution is 6.00. The molecule has 1 unspecified atom stereocenters. The number of carbonyl (C=O) groups excluding carboxylic acids is 1. The average Bonchev–Trinajstić information content (AvgIpc) is 2.39. The average molecular weight is 262 g/mol. The van der Waals surface area contributed by atoms with Gasteiger partial charge in [0, 0.05) is 12.6 Å². The molecule has 1 saturated heterocycles. The van der Waals surface area contributed by atoms with Crippen LogP contribution in [0.15, 0.2) is 24.3 Å². The number of hydrogen-bond donors (Lipinski definition) is 1. The predicted molar refractivity (Wildman–Crippen MR) is 75.6 cm³/mol. The Morgan fingerprint density at radius 2 is 2.26 bits per heavy atom. The van der Waals surface area contributed by atoms with Crippen LogP contribution in [-0.2, 0) is 0 Å². The Morgan fingerprint density at radius 1 is 1.47 bits per heavy atom. The fraction of sp³-hybridized carbons (Fsp3) is 0.533. The van der Waals surface area contributed by atoms with Crippen LogP contribution in [0.3, 0.4) is 0 Å². The molecular formula is C15H22N2O2. The number of benzene rings is 1. The molecule has 0 saturated carbocycles. The molecule has 104 valence electrons. The zero-order valence-corrected chi connectivity index (χ0v) is 11.5. The maximum atomic E-state index is 12.4. The molecule has 0 bridgehead atoms. The highest BCUT2D eigenvalue weighted by Crippen LogP contribution is 2.19. The van der Waals surface area contributed by atoms with Crippen LogP contribution in [-0.4, -0.2) is 43.0 Å². The van der Waals surface area contributed by atoms with Crippen LogP contribution >= 0.6 is 0 Å². The number of para-hydroxylation sites is 1. The number of piperidine rings is 1. The number of nitrogens with zero attached hydrogens (tertiary/aromatic N) is 1. The van der Waals surface area contributed by atoms with Gasteiger partial charge in [-0.15, -0.1) is 0 Å². The number of ketones is 1. The first-order valence-corrected chi connectivity index (χ1v) is 6.93. The number of carbonyl (C=O) groups is 1. The molecule has 0 radical (unpaired) electrons. The van der Waals surface area contributed by atoms with Gasteiger partial charge in [0.2, 0.25) is 0 Å². The van der Waals surface area contributed by atoms with Crippen molar-refractivity contribution in [3.05, 3.63) is 29.8 Å². The lowest BCUT2D eigenvalue weighted by atomic mass is 10.0. The van der Waals surface area contributed by atoms with Crippen LogP contribution in [0.1, 0.15) is 30.1 Å². The largest absolute Gasteiger partial charge is 0.493 e. The van der Waals surface area contributed by atoms with Gasteiger partial charge in [0.25, 0.3) is 0 Å². The second-order valence-corrected chi connectivity index (χ2v) is 4.99. The molecule has 0 aromatic heterocycles. The standard InChI is InChI=1S/C15H22N2O2/c1-2-19-15-8-4-3-7-13(15)14(18)11-17-9-5-6-12(16)10-17/h3-4,7-8,12H,2,5-6,9-11,16H2,1H3. The van der Waals surface area contributed by atoms with Gasteiger partial charge in [-0.3, -0.25) is 9.69 Å². The number of Topliss-reactive ketones (excluding diaryl/α,β-unsaturated/α-hetero) is 1. The van der Waals surface area contributed by atoms with Gasteiger partial charge in [-0.05, 0) is 38.4 Å². The second-order valence-electron chi connectivity index (χ2n) is 4.99. The monoisotopic (exact) mass is 262 g/mol. The summed E-state index contributed by atoms with van der Waals surface area (Å²) in [5.74, 6) is 0.787. The molecule has 4 nitrogen and oxygen atoms in total. The third-order valence-electron chi connectivity index (χ3n) is 3.40. The van der Waals surface area contributed by atoms with Gasteiger partial charge in [-0.2, -0.15) is 0 Å². The first-order valence-electron chi connectivity index (χ1n) is 6.93. The normalized spacial score (nSPS) is 20.2. The molecule has 0 spiro atoms. The predicted octanol–water partition coefficient (Wildman–Crippen LogP) is 1.69. The van der Waals surface area contributed by atoms with Crippen molar-refractivity contribution < 1.29 is 9.53 Å². The Bertz CT molecular complexity index is 434. The maximum Gasteiger partial charge on any atom is 0.180 e. The van der Waals surface area contributed by atoms with Crippen LogP contribution < -0.4 is 10.5 Å².